The van der Waals surface area contributed by atoms with E-state index in [-0.39, 0.29) is 11.9 Å². The smallest absolute Gasteiger partial charge is 0.163 e. The SMILES string of the molecule is CC1(C)OCC(CCCC2=CCCCO2)O1. The predicted molar refractivity (Wildman–Crippen MR) is 62.0 cm³/mol. The Morgan fingerprint density at radius 2 is 2.31 bits per heavy atom. The molecule has 2 rings (SSSR count). The third-order valence-electron chi connectivity index (χ3n) is 3.02. The number of rotatable bonds is 4. The summed E-state index contributed by atoms with van der Waals surface area (Å²) in [6.07, 6.45) is 8.04. The minimum Gasteiger partial charge on any atom is -0.498 e. The zero-order valence-corrected chi connectivity index (χ0v) is 10.3. The van der Waals surface area contributed by atoms with Crippen molar-refractivity contribution in [2.75, 3.05) is 13.2 Å². The van der Waals surface area contributed by atoms with Crippen LogP contribution in [0.2, 0.25) is 0 Å². The molecule has 0 aromatic heterocycles. The Morgan fingerprint density at radius 3 is 2.94 bits per heavy atom. The van der Waals surface area contributed by atoms with Gasteiger partial charge >= 0.3 is 0 Å². The molecule has 1 atom stereocenters. The third-order valence-corrected chi connectivity index (χ3v) is 3.02. The minimum absolute atomic E-state index is 0.263. The maximum Gasteiger partial charge on any atom is 0.163 e. The monoisotopic (exact) mass is 226 g/mol. The summed E-state index contributed by atoms with van der Waals surface area (Å²) >= 11 is 0. The van der Waals surface area contributed by atoms with Crippen LogP contribution >= 0.6 is 0 Å². The second-order valence-corrected chi connectivity index (χ2v) is 5.00. The first kappa shape index (κ1) is 11.9. The van der Waals surface area contributed by atoms with Gasteiger partial charge in [0.15, 0.2) is 5.79 Å². The molecule has 1 saturated heterocycles. The second kappa shape index (κ2) is 5.19. The summed E-state index contributed by atoms with van der Waals surface area (Å²) < 4.78 is 16.9. The Bertz CT molecular complexity index is 258. The van der Waals surface area contributed by atoms with E-state index in [0.29, 0.717) is 0 Å². The van der Waals surface area contributed by atoms with E-state index in [2.05, 4.69) is 6.08 Å². The van der Waals surface area contributed by atoms with E-state index in [9.17, 15) is 0 Å². The van der Waals surface area contributed by atoms with E-state index in [0.717, 1.165) is 38.9 Å². The van der Waals surface area contributed by atoms with E-state index < -0.39 is 0 Å². The Hall–Kier alpha value is -0.540. The molecule has 0 saturated carbocycles. The number of allylic oxidation sites excluding steroid dienone is 2. The Balaban J connectivity index is 1.63. The van der Waals surface area contributed by atoms with Crippen LogP contribution in [0.5, 0.6) is 0 Å². The van der Waals surface area contributed by atoms with Crippen LogP contribution in [0, 0.1) is 0 Å². The molecule has 0 radical (unpaired) electrons. The fourth-order valence-electron chi connectivity index (χ4n) is 2.19. The van der Waals surface area contributed by atoms with Crippen molar-refractivity contribution < 1.29 is 14.2 Å². The molecule has 0 aliphatic carbocycles. The van der Waals surface area contributed by atoms with Crippen molar-refractivity contribution in [2.24, 2.45) is 0 Å². The van der Waals surface area contributed by atoms with Crippen LogP contribution in [-0.4, -0.2) is 25.1 Å². The van der Waals surface area contributed by atoms with Crippen molar-refractivity contribution in [3.63, 3.8) is 0 Å². The molecule has 92 valence electrons. The highest BCUT2D eigenvalue weighted by Gasteiger charge is 2.32. The summed E-state index contributed by atoms with van der Waals surface area (Å²) in [5, 5.41) is 0. The first-order valence-corrected chi connectivity index (χ1v) is 6.29. The maximum absolute atomic E-state index is 5.76. The van der Waals surface area contributed by atoms with Crippen molar-refractivity contribution in [1.29, 1.82) is 0 Å². The highest BCUT2D eigenvalue weighted by Crippen LogP contribution is 2.26. The van der Waals surface area contributed by atoms with Gasteiger partial charge in [-0.3, -0.25) is 0 Å². The molecule has 0 spiro atoms. The van der Waals surface area contributed by atoms with Crippen LogP contribution in [0.25, 0.3) is 0 Å². The van der Waals surface area contributed by atoms with Gasteiger partial charge in [-0.2, -0.15) is 0 Å². The van der Waals surface area contributed by atoms with Gasteiger partial charge in [0, 0.05) is 6.42 Å². The Kier molecular flexibility index (Phi) is 3.87. The summed E-state index contributed by atoms with van der Waals surface area (Å²) in [6, 6.07) is 0. The lowest BCUT2D eigenvalue weighted by molar-refractivity contribution is -0.139. The maximum atomic E-state index is 5.76. The number of hydrogen-bond acceptors (Lipinski definition) is 3. The van der Waals surface area contributed by atoms with Gasteiger partial charge in [-0.05, 0) is 45.6 Å². The Morgan fingerprint density at radius 1 is 1.44 bits per heavy atom. The predicted octanol–water partition coefficient (Wildman–Crippen LogP) is 3.00. The normalized spacial score (nSPS) is 28.6. The summed E-state index contributed by atoms with van der Waals surface area (Å²) in [5.41, 5.74) is 0. The molecule has 0 amide bonds. The fourth-order valence-corrected chi connectivity index (χ4v) is 2.19. The van der Waals surface area contributed by atoms with E-state index in [1.807, 2.05) is 13.8 Å². The van der Waals surface area contributed by atoms with Crippen LogP contribution in [0.4, 0.5) is 0 Å². The lowest BCUT2D eigenvalue weighted by Gasteiger charge is -2.18. The van der Waals surface area contributed by atoms with Gasteiger partial charge in [0.2, 0.25) is 0 Å². The highest BCUT2D eigenvalue weighted by molar-refractivity contribution is 4.95. The lowest BCUT2D eigenvalue weighted by atomic mass is 10.1. The average molecular weight is 226 g/mol. The van der Waals surface area contributed by atoms with Crippen LogP contribution in [-0.2, 0) is 14.2 Å². The first-order valence-electron chi connectivity index (χ1n) is 6.29. The van der Waals surface area contributed by atoms with Gasteiger partial charge in [-0.25, -0.2) is 0 Å². The van der Waals surface area contributed by atoms with E-state index in [4.69, 9.17) is 14.2 Å². The van der Waals surface area contributed by atoms with Gasteiger partial charge in [-0.1, -0.05) is 0 Å². The van der Waals surface area contributed by atoms with Crippen molar-refractivity contribution >= 4 is 0 Å². The molecule has 0 aromatic carbocycles. The average Bonchev–Trinajstić information content (AvgIpc) is 2.60. The summed E-state index contributed by atoms with van der Waals surface area (Å²) in [7, 11) is 0. The lowest BCUT2D eigenvalue weighted by Crippen LogP contribution is -2.21. The molecule has 3 nitrogen and oxygen atoms in total. The van der Waals surface area contributed by atoms with Gasteiger partial charge in [0.05, 0.1) is 25.1 Å². The minimum atomic E-state index is -0.384. The standard InChI is InChI=1S/C13H22O3/c1-13(2)15-10-12(16-13)8-5-7-11-6-3-4-9-14-11/h6,12H,3-5,7-10H2,1-2H3. The molecule has 0 N–H and O–H groups in total. The van der Waals surface area contributed by atoms with E-state index >= 15 is 0 Å². The molecule has 0 bridgehead atoms. The van der Waals surface area contributed by atoms with Gasteiger partial charge in [0.25, 0.3) is 0 Å². The van der Waals surface area contributed by atoms with Crippen molar-refractivity contribution in [3.8, 4) is 0 Å². The van der Waals surface area contributed by atoms with Crippen LogP contribution < -0.4 is 0 Å². The molecule has 1 unspecified atom stereocenters. The highest BCUT2D eigenvalue weighted by atomic mass is 16.7. The van der Waals surface area contributed by atoms with Crippen molar-refractivity contribution in [2.45, 2.75) is 57.8 Å². The summed E-state index contributed by atoms with van der Waals surface area (Å²) in [5.74, 6) is 0.787. The molecule has 2 aliphatic rings. The summed E-state index contributed by atoms with van der Waals surface area (Å²) in [4.78, 5) is 0. The quantitative estimate of drug-likeness (QED) is 0.737. The second-order valence-electron chi connectivity index (χ2n) is 5.00. The zero-order valence-electron chi connectivity index (χ0n) is 10.3. The third kappa shape index (κ3) is 3.49. The molecular formula is C13H22O3. The fraction of sp³-hybridized carbons (Fsp3) is 0.846. The summed E-state index contributed by atoms with van der Waals surface area (Å²) in [6.45, 7) is 5.56. The van der Waals surface area contributed by atoms with Gasteiger partial charge < -0.3 is 14.2 Å². The molecule has 2 aliphatic heterocycles. The van der Waals surface area contributed by atoms with Gasteiger partial charge in [0.1, 0.15) is 0 Å². The molecule has 3 heteroatoms. The number of ether oxygens (including phenoxy) is 3. The van der Waals surface area contributed by atoms with Gasteiger partial charge in [-0.15, -0.1) is 0 Å². The molecule has 1 fully saturated rings. The molecule has 16 heavy (non-hydrogen) atoms. The zero-order chi connectivity index (χ0) is 11.4. The molecular weight excluding hydrogens is 204 g/mol. The van der Waals surface area contributed by atoms with E-state index in [1.165, 1.54) is 12.2 Å². The molecule has 2 heterocycles. The van der Waals surface area contributed by atoms with Crippen molar-refractivity contribution in [1.82, 2.24) is 0 Å². The van der Waals surface area contributed by atoms with Crippen LogP contribution in [0.15, 0.2) is 11.8 Å². The van der Waals surface area contributed by atoms with Crippen LogP contribution in [0.1, 0.15) is 46.0 Å². The first-order chi connectivity index (χ1) is 7.66. The Labute approximate surface area is 97.8 Å². The number of hydrogen-bond donors (Lipinski definition) is 0. The van der Waals surface area contributed by atoms with Crippen molar-refractivity contribution in [3.05, 3.63) is 11.8 Å². The van der Waals surface area contributed by atoms with Crippen LogP contribution in [0.3, 0.4) is 0 Å². The topological polar surface area (TPSA) is 27.7 Å². The van der Waals surface area contributed by atoms with E-state index in [1.54, 1.807) is 0 Å². The largest absolute Gasteiger partial charge is 0.498 e. The molecule has 0 aromatic rings.